The van der Waals surface area contributed by atoms with E-state index in [-0.39, 0.29) is 6.42 Å². The Balaban J connectivity index is 2.36. The Hall–Kier alpha value is -1.45. The molecule has 0 aromatic carbocycles. The summed E-state index contributed by atoms with van der Waals surface area (Å²) < 4.78 is 2.11. The van der Waals surface area contributed by atoms with Gasteiger partial charge in [0.25, 0.3) is 0 Å². The summed E-state index contributed by atoms with van der Waals surface area (Å²) >= 11 is 0. The number of aliphatic carboxylic acids is 1. The number of fused-ring (bicyclic) bond motifs is 1. The van der Waals surface area contributed by atoms with Gasteiger partial charge in [0, 0.05) is 19.3 Å². The van der Waals surface area contributed by atoms with Gasteiger partial charge in [-0.2, -0.15) is 0 Å². The van der Waals surface area contributed by atoms with E-state index in [1.165, 1.54) is 0 Å². The normalized spacial score (nSPS) is 13.8. The van der Waals surface area contributed by atoms with Crippen molar-refractivity contribution in [3.05, 3.63) is 17.3 Å². The molecule has 0 spiro atoms. The van der Waals surface area contributed by atoms with Crippen molar-refractivity contribution in [1.29, 1.82) is 0 Å². The molecule has 2 rings (SSSR count). The predicted molar refractivity (Wildman–Crippen MR) is 53.6 cm³/mol. The van der Waals surface area contributed by atoms with Crippen LogP contribution in [-0.2, 0) is 24.2 Å². The van der Waals surface area contributed by atoms with E-state index in [2.05, 4.69) is 16.8 Å². The predicted octanol–water partition coefficient (Wildman–Crippen LogP) is 1.10. The summed E-state index contributed by atoms with van der Waals surface area (Å²) in [6.45, 7) is 3.96. The van der Waals surface area contributed by atoms with Crippen molar-refractivity contribution in [3.63, 3.8) is 0 Å². The number of rotatable bonds is 3. The zero-order valence-corrected chi connectivity index (χ0v) is 8.21. The molecule has 0 amide bonds. The first-order chi connectivity index (χ1) is 6.72. The fourth-order valence-electron chi connectivity index (χ4n) is 2.05. The molecular formula is C10H14N2O2. The van der Waals surface area contributed by atoms with Crippen LogP contribution in [0.2, 0.25) is 0 Å². The number of aromatic nitrogens is 1. The molecule has 1 aromatic rings. The third-order valence-electron chi connectivity index (χ3n) is 2.61. The van der Waals surface area contributed by atoms with Crippen LogP contribution >= 0.6 is 0 Å². The van der Waals surface area contributed by atoms with E-state index in [0.717, 1.165) is 36.5 Å². The molecule has 0 atom stereocenters. The first-order valence-electron chi connectivity index (χ1n) is 4.89. The van der Waals surface area contributed by atoms with Crippen molar-refractivity contribution < 1.29 is 9.90 Å². The standard InChI is InChI=1S/C10H14N2O2/c1-2-8-7(5-9(13)14)6-12-4-3-11-10(8)12/h6,11H,2-5H2,1H3,(H,13,14). The summed E-state index contributed by atoms with van der Waals surface area (Å²) in [6, 6.07) is 0. The molecule has 0 unspecified atom stereocenters. The van der Waals surface area contributed by atoms with E-state index in [4.69, 9.17) is 5.11 Å². The molecule has 1 aliphatic heterocycles. The van der Waals surface area contributed by atoms with Crippen molar-refractivity contribution in [2.75, 3.05) is 11.9 Å². The van der Waals surface area contributed by atoms with Gasteiger partial charge in [0.05, 0.1) is 6.42 Å². The molecule has 0 aliphatic carbocycles. The number of hydrogen-bond acceptors (Lipinski definition) is 2. The minimum absolute atomic E-state index is 0.130. The van der Waals surface area contributed by atoms with Crippen molar-refractivity contribution in [2.24, 2.45) is 0 Å². The van der Waals surface area contributed by atoms with Crippen LogP contribution in [0.25, 0.3) is 0 Å². The molecule has 4 heteroatoms. The third-order valence-corrected chi connectivity index (χ3v) is 2.61. The SMILES string of the molecule is CCc1c(CC(=O)O)cn2c1NCC2. The number of carboxylic acid groups (broad SMARTS) is 1. The third kappa shape index (κ3) is 1.36. The van der Waals surface area contributed by atoms with E-state index in [0.29, 0.717) is 0 Å². The zero-order valence-electron chi connectivity index (χ0n) is 8.21. The van der Waals surface area contributed by atoms with Crippen molar-refractivity contribution >= 4 is 11.8 Å². The van der Waals surface area contributed by atoms with Crippen LogP contribution in [0.3, 0.4) is 0 Å². The lowest BCUT2D eigenvalue weighted by Gasteiger charge is -2.01. The van der Waals surface area contributed by atoms with Gasteiger partial charge in [-0.15, -0.1) is 0 Å². The van der Waals surface area contributed by atoms with E-state index >= 15 is 0 Å². The summed E-state index contributed by atoms with van der Waals surface area (Å²) in [5.41, 5.74) is 2.10. The van der Waals surface area contributed by atoms with Gasteiger partial charge in [-0.05, 0) is 17.5 Å². The summed E-state index contributed by atoms with van der Waals surface area (Å²) in [4.78, 5) is 10.6. The van der Waals surface area contributed by atoms with Crippen LogP contribution in [0.1, 0.15) is 18.1 Å². The van der Waals surface area contributed by atoms with Gasteiger partial charge in [-0.3, -0.25) is 4.79 Å². The second-order valence-electron chi connectivity index (χ2n) is 3.53. The van der Waals surface area contributed by atoms with E-state index in [9.17, 15) is 4.79 Å². The van der Waals surface area contributed by atoms with Crippen LogP contribution in [-0.4, -0.2) is 22.2 Å². The van der Waals surface area contributed by atoms with Gasteiger partial charge in [-0.25, -0.2) is 0 Å². The van der Waals surface area contributed by atoms with Crippen molar-refractivity contribution in [2.45, 2.75) is 26.3 Å². The molecule has 0 saturated heterocycles. The molecular weight excluding hydrogens is 180 g/mol. The Morgan fingerprint density at radius 3 is 3.14 bits per heavy atom. The summed E-state index contributed by atoms with van der Waals surface area (Å²) in [5.74, 6) is 0.354. The molecule has 2 heterocycles. The molecule has 0 bridgehead atoms. The quantitative estimate of drug-likeness (QED) is 0.757. The van der Waals surface area contributed by atoms with Crippen LogP contribution in [0, 0.1) is 0 Å². The Morgan fingerprint density at radius 2 is 2.50 bits per heavy atom. The van der Waals surface area contributed by atoms with Crippen molar-refractivity contribution in [3.8, 4) is 0 Å². The van der Waals surface area contributed by atoms with Gasteiger partial charge in [0.1, 0.15) is 5.82 Å². The molecule has 0 radical (unpaired) electrons. The van der Waals surface area contributed by atoms with Gasteiger partial charge < -0.3 is 15.0 Å². The number of carboxylic acids is 1. The molecule has 0 saturated carbocycles. The number of anilines is 1. The Bertz CT molecular complexity index is 368. The van der Waals surface area contributed by atoms with Crippen LogP contribution < -0.4 is 5.32 Å². The lowest BCUT2D eigenvalue weighted by atomic mass is 10.1. The maximum Gasteiger partial charge on any atom is 0.307 e. The number of nitrogens with zero attached hydrogens (tertiary/aromatic N) is 1. The summed E-state index contributed by atoms with van der Waals surface area (Å²) in [5, 5.41) is 12.0. The Kier molecular flexibility index (Phi) is 2.19. The number of hydrogen-bond donors (Lipinski definition) is 2. The maximum absolute atomic E-state index is 10.6. The largest absolute Gasteiger partial charge is 0.481 e. The summed E-state index contributed by atoms with van der Waals surface area (Å²) in [7, 11) is 0. The fourth-order valence-corrected chi connectivity index (χ4v) is 2.05. The highest BCUT2D eigenvalue weighted by Crippen LogP contribution is 2.27. The Morgan fingerprint density at radius 1 is 1.71 bits per heavy atom. The molecule has 76 valence electrons. The van der Waals surface area contributed by atoms with Gasteiger partial charge in [-0.1, -0.05) is 6.92 Å². The smallest absolute Gasteiger partial charge is 0.307 e. The monoisotopic (exact) mass is 194 g/mol. The van der Waals surface area contributed by atoms with Gasteiger partial charge in [0.2, 0.25) is 0 Å². The van der Waals surface area contributed by atoms with Crippen molar-refractivity contribution in [1.82, 2.24) is 4.57 Å². The molecule has 0 fully saturated rings. The second kappa shape index (κ2) is 3.36. The Labute approximate surface area is 82.5 Å². The molecule has 2 N–H and O–H groups in total. The summed E-state index contributed by atoms with van der Waals surface area (Å²) in [6.07, 6.45) is 2.98. The molecule has 4 nitrogen and oxygen atoms in total. The highest BCUT2D eigenvalue weighted by molar-refractivity contribution is 5.72. The fraction of sp³-hybridized carbons (Fsp3) is 0.500. The molecule has 1 aliphatic rings. The zero-order chi connectivity index (χ0) is 10.1. The van der Waals surface area contributed by atoms with Gasteiger partial charge >= 0.3 is 5.97 Å². The van der Waals surface area contributed by atoms with Crippen LogP contribution in [0.4, 0.5) is 5.82 Å². The second-order valence-corrected chi connectivity index (χ2v) is 3.53. The maximum atomic E-state index is 10.6. The van der Waals surface area contributed by atoms with E-state index in [1.807, 2.05) is 6.20 Å². The average molecular weight is 194 g/mol. The van der Waals surface area contributed by atoms with Gasteiger partial charge in [0.15, 0.2) is 0 Å². The minimum Gasteiger partial charge on any atom is -0.481 e. The lowest BCUT2D eigenvalue weighted by molar-refractivity contribution is -0.136. The highest BCUT2D eigenvalue weighted by Gasteiger charge is 2.19. The first kappa shape index (κ1) is 9.12. The van der Waals surface area contributed by atoms with E-state index in [1.54, 1.807) is 0 Å². The van der Waals surface area contributed by atoms with E-state index < -0.39 is 5.97 Å². The number of carbonyl (C=O) groups is 1. The number of nitrogens with one attached hydrogen (secondary N) is 1. The lowest BCUT2D eigenvalue weighted by Crippen LogP contribution is -2.03. The molecule has 1 aromatic heterocycles. The highest BCUT2D eigenvalue weighted by atomic mass is 16.4. The first-order valence-corrected chi connectivity index (χ1v) is 4.89. The van der Waals surface area contributed by atoms with Crippen LogP contribution in [0.15, 0.2) is 6.20 Å². The molecule has 14 heavy (non-hydrogen) atoms. The van der Waals surface area contributed by atoms with Crippen LogP contribution in [0.5, 0.6) is 0 Å². The minimum atomic E-state index is -0.760. The topological polar surface area (TPSA) is 54.3 Å². The average Bonchev–Trinajstić information content (AvgIpc) is 2.62.